The van der Waals surface area contributed by atoms with Gasteiger partial charge in [0.15, 0.2) is 0 Å². The highest BCUT2D eigenvalue weighted by Crippen LogP contribution is 2.12. The maximum Gasteiger partial charge on any atom is 0.251 e. The number of anilines is 1. The maximum atomic E-state index is 12.1. The van der Waals surface area contributed by atoms with Gasteiger partial charge in [-0.2, -0.15) is 0 Å². The van der Waals surface area contributed by atoms with E-state index in [-0.39, 0.29) is 11.8 Å². The molecule has 0 spiro atoms. The summed E-state index contributed by atoms with van der Waals surface area (Å²) < 4.78 is 1.08. The Balaban J connectivity index is 1.94. The molecule has 0 bridgehead atoms. The number of rotatable bonds is 4. The minimum Gasteiger partial charge on any atom is -0.341 e. The number of carbonyl (C=O) groups excluding carboxylic acids is 2. The molecule has 114 valence electrons. The largest absolute Gasteiger partial charge is 0.341 e. The summed E-state index contributed by atoms with van der Waals surface area (Å²) in [6.07, 6.45) is 0. The minimum atomic E-state index is -0.651. The molecule has 2 amide bonds. The summed E-state index contributed by atoms with van der Waals surface area (Å²) in [5.41, 5.74) is 1.15. The molecule has 0 aliphatic carbocycles. The molecule has 2 aromatic rings. The smallest absolute Gasteiger partial charge is 0.251 e. The first-order valence-corrected chi connectivity index (χ1v) is 8.04. The third kappa shape index (κ3) is 4.71. The highest BCUT2D eigenvalue weighted by molar-refractivity contribution is 14.1. The van der Waals surface area contributed by atoms with Crippen LogP contribution in [0.2, 0.25) is 5.02 Å². The molecular formula is C16H14ClIN2O2. The SMILES string of the molecule is CC(NC(=O)c1ccc(Cl)cc1)C(=O)Nc1ccc(I)cc1. The van der Waals surface area contributed by atoms with E-state index < -0.39 is 6.04 Å². The molecule has 0 aliphatic heterocycles. The van der Waals surface area contributed by atoms with Crippen molar-refractivity contribution in [3.05, 3.63) is 62.7 Å². The predicted molar refractivity (Wildman–Crippen MR) is 96.2 cm³/mol. The van der Waals surface area contributed by atoms with Gasteiger partial charge in [-0.3, -0.25) is 9.59 Å². The molecular weight excluding hydrogens is 415 g/mol. The summed E-state index contributed by atoms with van der Waals surface area (Å²) in [5.74, 6) is -0.592. The van der Waals surface area contributed by atoms with Crippen LogP contribution in [0.1, 0.15) is 17.3 Å². The fraction of sp³-hybridized carbons (Fsp3) is 0.125. The van der Waals surface area contributed by atoms with Gasteiger partial charge in [-0.25, -0.2) is 0 Å². The Morgan fingerprint density at radius 3 is 2.23 bits per heavy atom. The molecule has 6 heteroatoms. The van der Waals surface area contributed by atoms with E-state index in [2.05, 4.69) is 33.2 Å². The van der Waals surface area contributed by atoms with Crippen LogP contribution in [-0.2, 0) is 4.79 Å². The third-order valence-electron chi connectivity index (χ3n) is 2.96. The van der Waals surface area contributed by atoms with Crippen molar-refractivity contribution in [2.24, 2.45) is 0 Å². The molecule has 1 unspecified atom stereocenters. The van der Waals surface area contributed by atoms with E-state index in [9.17, 15) is 9.59 Å². The van der Waals surface area contributed by atoms with Crippen molar-refractivity contribution in [2.75, 3.05) is 5.32 Å². The van der Waals surface area contributed by atoms with Gasteiger partial charge in [-0.1, -0.05) is 11.6 Å². The van der Waals surface area contributed by atoms with Gasteiger partial charge in [0.05, 0.1) is 0 Å². The van der Waals surface area contributed by atoms with Gasteiger partial charge >= 0.3 is 0 Å². The average Bonchev–Trinajstić information content (AvgIpc) is 2.50. The Kier molecular flexibility index (Phi) is 5.79. The molecule has 22 heavy (non-hydrogen) atoms. The minimum absolute atomic E-state index is 0.275. The fourth-order valence-corrected chi connectivity index (χ4v) is 2.22. The van der Waals surface area contributed by atoms with Crippen LogP contribution in [0, 0.1) is 3.57 Å². The molecule has 0 heterocycles. The number of halogens is 2. The van der Waals surface area contributed by atoms with Gasteiger partial charge in [-0.15, -0.1) is 0 Å². The zero-order chi connectivity index (χ0) is 16.1. The van der Waals surface area contributed by atoms with Crippen molar-refractivity contribution >= 4 is 51.7 Å². The number of amides is 2. The molecule has 0 fully saturated rings. The number of hydrogen-bond acceptors (Lipinski definition) is 2. The van der Waals surface area contributed by atoms with Gasteiger partial charge in [0.1, 0.15) is 6.04 Å². The molecule has 1 atom stereocenters. The topological polar surface area (TPSA) is 58.2 Å². The van der Waals surface area contributed by atoms with Crippen LogP contribution < -0.4 is 10.6 Å². The molecule has 2 rings (SSSR count). The maximum absolute atomic E-state index is 12.1. The fourth-order valence-electron chi connectivity index (χ4n) is 1.73. The summed E-state index contributed by atoms with van der Waals surface area (Å²) in [6, 6.07) is 13.3. The van der Waals surface area contributed by atoms with E-state index in [0.717, 1.165) is 3.57 Å². The molecule has 2 N–H and O–H groups in total. The third-order valence-corrected chi connectivity index (χ3v) is 3.93. The number of carbonyl (C=O) groups is 2. The first-order valence-electron chi connectivity index (χ1n) is 6.58. The van der Waals surface area contributed by atoms with Crippen molar-refractivity contribution in [1.29, 1.82) is 0 Å². The Morgan fingerprint density at radius 2 is 1.64 bits per heavy atom. The number of nitrogens with one attached hydrogen (secondary N) is 2. The van der Waals surface area contributed by atoms with E-state index in [1.165, 1.54) is 0 Å². The second-order valence-electron chi connectivity index (χ2n) is 4.70. The lowest BCUT2D eigenvalue weighted by Gasteiger charge is -2.14. The van der Waals surface area contributed by atoms with E-state index in [0.29, 0.717) is 16.3 Å². The Labute approximate surface area is 147 Å². The van der Waals surface area contributed by atoms with Crippen LogP contribution >= 0.6 is 34.2 Å². The Bertz CT molecular complexity index is 672. The van der Waals surface area contributed by atoms with E-state index >= 15 is 0 Å². The Hall–Kier alpha value is -1.60. The molecule has 0 aromatic heterocycles. The van der Waals surface area contributed by atoms with Crippen molar-refractivity contribution in [3.63, 3.8) is 0 Å². The Morgan fingerprint density at radius 1 is 1.05 bits per heavy atom. The summed E-state index contributed by atoms with van der Waals surface area (Å²) in [5, 5.41) is 5.96. The highest BCUT2D eigenvalue weighted by atomic mass is 127. The summed E-state index contributed by atoms with van der Waals surface area (Å²) >= 11 is 7.97. The van der Waals surface area contributed by atoms with E-state index in [1.807, 2.05) is 24.3 Å². The lowest BCUT2D eigenvalue weighted by molar-refractivity contribution is -0.117. The van der Waals surface area contributed by atoms with Gasteiger partial charge in [-0.05, 0) is 78.0 Å². The van der Waals surface area contributed by atoms with Crippen LogP contribution in [0.25, 0.3) is 0 Å². The molecule has 2 aromatic carbocycles. The van der Waals surface area contributed by atoms with Crippen molar-refractivity contribution in [1.82, 2.24) is 5.32 Å². The van der Waals surface area contributed by atoms with Crippen LogP contribution in [0.5, 0.6) is 0 Å². The summed E-state index contributed by atoms with van der Waals surface area (Å²) in [7, 11) is 0. The zero-order valence-corrected chi connectivity index (χ0v) is 14.7. The first kappa shape index (κ1) is 16.8. The van der Waals surface area contributed by atoms with Crippen LogP contribution in [0.15, 0.2) is 48.5 Å². The molecule has 0 saturated carbocycles. The monoisotopic (exact) mass is 428 g/mol. The van der Waals surface area contributed by atoms with Gasteiger partial charge in [0.25, 0.3) is 5.91 Å². The van der Waals surface area contributed by atoms with Crippen molar-refractivity contribution in [2.45, 2.75) is 13.0 Å². The predicted octanol–water partition coefficient (Wildman–Crippen LogP) is 3.70. The number of hydrogen-bond donors (Lipinski definition) is 2. The normalized spacial score (nSPS) is 11.6. The standard InChI is InChI=1S/C16H14ClIN2O2/c1-10(15(21)20-14-8-6-13(18)7-9-14)19-16(22)11-2-4-12(17)5-3-11/h2-10H,1H3,(H,19,22)(H,20,21). The highest BCUT2D eigenvalue weighted by Gasteiger charge is 2.16. The number of benzene rings is 2. The van der Waals surface area contributed by atoms with E-state index in [4.69, 9.17) is 11.6 Å². The quantitative estimate of drug-likeness (QED) is 0.730. The zero-order valence-electron chi connectivity index (χ0n) is 11.8. The van der Waals surface area contributed by atoms with Crippen molar-refractivity contribution < 1.29 is 9.59 Å². The van der Waals surface area contributed by atoms with Crippen LogP contribution in [-0.4, -0.2) is 17.9 Å². The second kappa shape index (κ2) is 7.60. The first-order chi connectivity index (χ1) is 10.5. The van der Waals surface area contributed by atoms with Gasteiger partial charge in [0, 0.05) is 19.8 Å². The van der Waals surface area contributed by atoms with Gasteiger partial charge < -0.3 is 10.6 Å². The molecule has 0 saturated heterocycles. The second-order valence-corrected chi connectivity index (χ2v) is 6.38. The van der Waals surface area contributed by atoms with Gasteiger partial charge in [0.2, 0.25) is 5.91 Å². The lowest BCUT2D eigenvalue weighted by Crippen LogP contribution is -2.41. The van der Waals surface area contributed by atoms with Crippen molar-refractivity contribution in [3.8, 4) is 0 Å². The summed E-state index contributed by atoms with van der Waals surface area (Å²) in [6.45, 7) is 1.63. The average molecular weight is 429 g/mol. The molecule has 0 radical (unpaired) electrons. The lowest BCUT2D eigenvalue weighted by atomic mass is 10.2. The van der Waals surface area contributed by atoms with Crippen LogP contribution in [0.4, 0.5) is 5.69 Å². The molecule has 0 aliphatic rings. The van der Waals surface area contributed by atoms with E-state index in [1.54, 1.807) is 31.2 Å². The molecule has 4 nitrogen and oxygen atoms in total. The summed E-state index contributed by atoms with van der Waals surface area (Å²) in [4.78, 5) is 24.1. The van der Waals surface area contributed by atoms with Crippen LogP contribution in [0.3, 0.4) is 0 Å².